The minimum Gasteiger partial charge on any atom is -0.493 e. The number of nitrogens with zero attached hydrogens (tertiary/aromatic N) is 1. The number of amides is 1. The molecule has 1 amide bonds. The van der Waals surface area contributed by atoms with Crippen LogP contribution in [-0.4, -0.2) is 44.7 Å². The summed E-state index contributed by atoms with van der Waals surface area (Å²) in [5, 5.41) is 0. The van der Waals surface area contributed by atoms with Crippen LogP contribution in [-0.2, 0) is 6.61 Å². The molecule has 150 valence electrons. The van der Waals surface area contributed by atoms with Crippen molar-refractivity contribution in [3.8, 4) is 17.2 Å². The maximum atomic E-state index is 13.0. The highest BCUT2D eigenvalue weighted by Gasteiger charge is 2.25. The zero-order valence-electron chi connectivity index (χ0n) is 16.5. The Balaban J connectivity index is 1.79. The van der Waals surface area contributed by atoms with E-state index in [9.17, 15) is 4.79 Å². The number of ether oxygens (including phenoxy) is 3. The van der Waals surface area contributed by atoms with E-state index < -0.39 is 0 Å². The van der Waals surface area contributed by atoms with Crippen molar-refractivity contribution in [3.63, 3.8) is 0 Å². The predicted octanol–water partition coefficient (Wildman–Crippen LogP) is 3.09. The fraction of sp³-hybridized carbons (Fsp3) is 0.409. The van der Waals surface area contributed by atoms with Crippen LogP contribution in [0.3, 0.4) is 0 Å². The van der Waals surface area contributed by atoms with E-state index in [0.29, 0.717) is 41.9 Å². The molecule has 0 atom stereocenters. The normalized spacial score (nSPS) is 14.6. The average molecular weight is 384 g/mol. The highest BCUT2D eigenvalue weighted by molar-refractivity contribution is 5.95. The Kier molecular flexibility index (Phi) is 6.76. The van der Waals surface area contributed by atoms with Crippen LogP contribution in [0.15, 0.2) is 42.5 Å². The van der Waals surface area contributed by atoms with Crippen molar-refractivity contribution in [2.75, 3.05) is 33.9 Å². The summed E-state index contributed by atoms with van der Waals surface area (Å²) in [6.07, 6.45) is 1.88. The van der Waals surface area contributed by atoms with Gasteiger partial charge in [0, 0.05) is 18.7 Å². The monoisotopic (exact) mass is 384 g/mol. The van der Waals surface area contributed by atoms with E-state index >= 15 is 0 Å². The zero-order valence-corrected chi connectivity index (χ0v) is 16.5. The Labute approximate surface area is 166 Å². The lowest BCUT2D eigenvalue weighted by molar-refractivity contribution is 0.0692. The van der Waals surface area contributed by atoms with Crippen LogP contribution in [0.5, 0.6) is 17.2 Å². The third kappa shape index (κ3) is 4.57. The van der Waals surface area contributed by atoms with E-state index in [1.807, 2.05) is 35.2 Å². The molecular formula is C22H28N2O4. The predicted molar refractivity (Wildman–Crippen MR) is 108 cm³/mol. The number of nitrogens with two attached hydrogens (primary N) is 1. The van der Waals surface area contributed by atoms with Crippen molar-refractivity contribution in [2.45, 2.75) is 19.4 Å². The van der Waals surface area contributed by atoms with Crippen molar-refractivity contribution in [1.82, 2.24) is 4.90 Å². The van der Waals surface area contributed by atoms with Crippen molar-refractivity contribution < 1.29 is 19.0 Å². The molecular weight excluding hydrogens is 356 g/mol. The lowest BCUT2D eigenvalue weighted by Gasteiger charge is -2.31. The average Bonchev–Trinajstić information content (AvgIpc) is 2.77. The van der Waals surface area contributed by atoms with Crippen molar-refractivity contribution in [1.29, 1.82) is 0 Å². The Hall–Kier alpha value is -2.73. The van der Waals surface area contributed by atoms with Gasteiger partial charge in [-0.3, -0.25) is 4.79 Å². The first-order valence-electron chi connectivity index (χ1n) is 9.58. The molecule has 28 heavy (non-hydrogen) atoms. The number of carbonyl (C=O) groups is 1. The van der Waals surface area contributed by atoms with Gasteiger partial charge in [0.25, 0.3) is 5.91 Å². The smallest absolute Gasteiger partial charge is 0.254 e. The van der Waals surface area contributed by atoms with Crippen LogP contribution in [0.1, 0.15) is 28.8 Å². The number of likely N-dealkylation sites (tertiary alicyclic amines) is 1. The van der Waals surface area contributed by atoms with Crippen LogP contribution in [0.25, 0.3) is 0 Å². The van der Waals surface area contributed by atoms with Gasteiger partial charge in [0.2, 0.25) is 5.75 Å². The molecule has 0 saturated carbocycles. The van der Waals surface area contributed by atoms with Crippen LogP contribution in [0, 0.1) is 5.92 Å². The van der Waals surface area contributed by atoms with E-state index in [1.165, 1.54) is 0 Å². The summed E-state index contributed by atoms with van der Waals surface area (Å²) < 4.78 is 16.9. The number of piperidine rings is 1. The molecule has 6 heteroatoms. The Morgan fingerprint density at radius 1 is 1.07 bits per heavy atom. The lowest BCUT2D eigenvalue weighted by Crippen LogP contribution is -2.40. The molecule has 0 bridgehead atoms. The zero-order chi connectivity index (χ0) is 19.9. The molecule has 2 aromatic rings. The summed E-state index contributed by atoms with van der Waals surface area (Å²) in [6.45, 7) is 2.50. The minimum atomic E-state index is -0.0262. The van der Waals surface area contributed by atoms with Crippen LogP contribution >= 0.6 is 0 Å². The van der Waals surface area contributed by atoms with E-state index in [-0.39, 0.29) is 5.91 Å². The fourth-order valence-corrected chi connectivity index (χ4v) is 3.43. The van der Waals surface area contributed by atoms with Gasteiger partial charge in [-0.05, 0) is 43.0 Å². The van der Waals surface area contributed by atoms with E-state index in [0.717, 1.165) is 31.5 Å². The number of hydrogen-bond donors (Lipinski definition) is 1. The summed E-state index contributed by atoms with van der Waals surface area (Å²) in [4.78, 5) is 14.8. The Morgan fingerprint density at radius 3 is 2.21 bits per heavy atom. The molecule has 2 N–H and O–H groups in total. The molecule has 3 rings (SSSR count). The molecule has 1 aliphatic heterocycles. The first-order valence-corrected chi connectivity index (χ1v) is 9.58. The number of methoxy groups -OCH3 is 2. The standard InChI is InChI=1S/C22H28N2O4/c1-26-19-12-18(22(25)24-10-8-16(14-23)9-11-24)13-20(27-2)21(19)28-15-17-6-4-3-5-7-17/h3-7,12-13,16H,8-11,14-15,23H2,1-2H3. The minimum absolute atomic E-state index is 0.0262. The highest BCUT2D eigenvalue weighted by atomic mass is 16.5. The maximum absolute atomic E-state index is 13.0. The number of hydrogen-bond acceptors (Lipinski definition) is 5. The molecule has 0 aliphatic carbocycles. The van der Waals surface area contributed by atoms with Gasteiger partial charge in [-0.15, -0.1) is 0 Å². The van der Waals surface area contributed by atoms with Gasteiger partial charge in [-0.25, -0.2) is 0 Å². The molecule has 1 heterocycles. The van der Waals surface area contributed by atoms with Gasteiger partial charge in [0.15, 0.2) is 11.5 Å². The third-order valence-corrected chi connectivity index (χ3v) is 5.17. The third-order valence-electron chi connectivity index (χ3n) is 5.17. The van der Waals surface area contributed by atoms with E-state index in [2.05, 4.69) is 0 Å². The Bertz CT molecular complexity index is 761. The summed E-state index contributed by atoms with van der Waals surface area (Å²) in [7, 11) is 3.12. The van der Waals surface area contributed by atoms with Gasteiger partial charge >= 0.3 is 0 Å². The van der Waals surface area contributed by atoms with Gasteiger partial charge in [-0.2, -0.15) is 0 Å². The topological polar surface area (TPSA) is 74.0 Å². The van der Waals surface area contributed by atoms with Gasteiger partial charge in [0.05, 0.1) is 14.2 Å². The molecule has 1 aliphatic rings. The molecule has 2 aromatic carbocycles. The van der Waals surface area contributed by atoms with E-state index in [1.54, 1.807) is 26.4 Å². The first-order chi connectivity index (χ1) is 13.7. The summed E-state index contributed by atoms with van der Waals surface area (Å²) in [6, 6.07) is 13.3. The second kappa shape index (κ2) is 9.46. The van der Waals surface area contributed by atoms with Crippen molar-refractivity contribution in [3.05, 3.63) is 53.6 Å². The van der Waals surface area contributed by atoms with Crippen molar-refractivity contribution >= 4 is 5.91 Å². The highest BCUT2D eigenvalue weighted by Crippen LogP contribution is 2.39. The Morgan fingerprint density at radius 2 is 1.68 bits per heavy atom. The molecule has 0 unspecified atom stereocenters. The van der Waals surface area contributed by atoms with Crippen LogP contribution in [0.4, 0.5) is 0 Å². The molecule has 0 spiro atoms. The first kappa shape index (κ1) is 20.0. The van der Waals surface area contributed by atoms with Crippen LogP contribution in [0.2, 0.25) is 0 Å². The van der Waals surface area contributed by atoms with Gasteiger partial charge in [0.1, 0.15) is 6.61 Å². The number of benzene rings is 2. The molecule has 0 aromatic heterocycles. The van der Waals surface area contributed by atoms with Crippen LogP contribution < -0.4 is 19.9 Å². The van der Waals surface area contributed by atoms with E-state index in [4.69, 9.17) is 19.9 Å². The maximum Gasteiger partial charge on any atom is 0.254 e. The quantitative estimate of drug-likeness (QED) is 0.794. The molecule has 1 fully saturated rings. The summed E-state index contributed by atoms with van der Waals surface area (Å²) in [5.41, 5.74) is 7.32. The van der Waals surface area contributed by atoms with Gasteiger partial charge in [-0.1, -0.05) is 30.3 Å². The fourth-order valence-electron chi connectivity index (χ4n) is 3.43. The molecule has 0 radical (unpaired) electrons. The summed E-state index contributed by atoms with van der Waals surface area (Å²) in [5.74, 6) is 1.93. The summed E-state index contributed by atoms with van der Waals surface area (Å²) >= 11 is 0. The molecule has 6 nitrogen and oxygen atoms in total. The number of carbonyl (C=O) groups excluding carboxylic acids is 1. The number of rotatable bonds is 7. The largest absolute Gasteiger partial charge is 0.493 e. The van der Waals surface area contributed by atoms with Gasteiger partial charge < -0.3 is 24.8 Å². The SMILES string of the molecule is COc1cc(C(=O)N2CCC(CN)CC2)cc(OC)c1OCc1ccccc1. The molecule has 1 saturated heterocycles. The van der Waals surface area contributed by atoms with Crippen molar-refractivity contribution in [2.24, 2.45) is 11.7 Å². The second-order valence-corrected chi connectivity index (χ2v) is 6.96. The lowest BCUT2D eigenvalue weighted by atomic mass is 9.96. The second-order valence-electron chi connectivity index (χ2n) is 6.96.